The molecule has 3 aliphatic rings. The summed E-state index contributed by atoms with van der Waals surface area (Å²) in [6.45, 7) is 7.72. The van der Waals surface area contributed by atoms with Crippen molar-refractivity contribution in [3.8, 4) is 0 Å². The van der Waals surface area contributed by atoms with Crippen LogP contribution in [0, 0.1) is 11.8 Å². The van der Waals surface area contributed by atoms with E-state index in [0.29, 0.717) is 11.3 Å². The van der Waals surface area contributed by atoms with Gasteiger partial charge in [0.2, 0.25) is 0 Å². The molecule has 0 radical (unpaired) electrons. The molecular weight excluding hydrogens is 228 g/mol. The van der Waals surface area contributed by atoms with Crippen molar-refractivity contribution in [2.24, 2.45) is 11.8 Å². The number of allylic oxidation sites excluding steroid dienone is 2. The number of hydrogen-bond donors (Lipinski definition) is 1. The number of aliphatic hydroxyl groups is 1. The van der Waals surface area contributed by atoms with E-state index in [2.05, 4.69) is 6.58 Å². The summed E-state index contributed by atoms with van der Waals surface area (Å²) in [5.41, 5.74) is 1.90. The van der Waals surface area contributed by atoms with E-state index in [1.54, 1.807) is 19.9 Å². The summed E-state index contributed by atoms with van der Waals surface area (Å²) in [5.74, 6) is 0.717. The van der Waals surface area contributed by atoms with Crippen molar-refractivity contribution in [1.29, 1.82) is 0 Å². The summed E-state index contributed by atoms with van der Waals surface area (Å²) >= 11 is 0. The van der Waals surface area contributed by atoms with Crippen LogP contribution in [0.4, 0.5) is 0 Å². The molecular formula is C15H18O3. The standard InChI is InChI=1S/C15H18O3/c1-8-4-5-12-10(8)6-11-9(2)14(16)18-13(11)7-15(12,3)17/h7,10,12,17H,1,4-6H2,2-3H3/t10-,12-,15+/m0/s1. The van der Waals surface area contributed by atoms with E-state index in [1.165, 1.54) is 5.57 Å². The molecule has 0 bridgehead atoms. The molecule has 0 aromatic carbocycles. The van der Waals surface area contributed by atoms with E-state index in [9.17, 15) is 9.90 Å². The maximum absolute atomic E-state index is 11.6. The molecule has 0 aromatic rings. The largest absolute Gasteiger partial charge is 0.423 e. The summed E-state index contributed by atoms with van der Waals surface area (Å²) in [4.78, 5) is 11.6. The fourth-order valence-electron chi connectivity index (χ4n) is 3.51. The summed E-state index contributed by atoms with van der Waals surface area (Å²) in [6, 6.07) is 0. The van der Waals surface area contributed by atoms with E-state index < -0.39 is 5.60 Å². The predicted molar refractivity (Wildman–Crippen MR) is 67.5 cm³/mol. The number of rotatable bonds is 0. The Morgan fingerprint density at radius 2 is 2.28 bits per heavy atom. The van der Waals surface area contributed by atoms with Gasteiger partial charge in [0, 0.05) is 11.1 Å². The van der Waals surface area contributed by atoms with Crippen LogP contribution in [0.3, 0.4) is 0 Å². The molecule has 3 atom stereocenters. The molecule has 1 saturated carbocycles. The molecule has 0 unspecified atom stereocenters. The van der Waals surface area contributed by atoms with Crippen LogP contribution in [0.25, 0.3) is 0 Å². The van der Waals surface area contributed by atoms with Crippen LogP contribution < -0.4 is 0 Å². The first-order chi connectivity index (χ1) is 8.40. The number of ether oxygens (including phenoxy) is 1. The maximum Gasteiger partial charge on any atom is 0.339 e. The molecule has 3 heteroatoms. The zero-order valence-corrected chi connectivity index (χ0v) is 10.8. The predicted octanol–water partition coefficient (Wildman–Crippen LogP) is 2.48. The molecule has 1 fully saturated rings. The van der Waals surface area contributed by atoms with Crippen LogP contribution in [0.5, 0.6) is 0 Å². The summed E-state index contributed by atoms with van der Waals surface area (Å²) < 4.78 is 5.25. The van der Waals surface area contributed by atoms with Gasteiger partial charge >= 0.3 is 5.97 Å². The highest BCUT2D eigenvalue weighted by atomic mass is 16.5. The minimum Gasteiger partial charge on any atom is -0.423 e. The second kappa shape index (κ2) is 3.58. The van der Waals surface area contributed by atoms with Gasteiger partial charge in [-0.25, -0.2) is 4.79 Å². The molecule has 3 rings (SSSR count). The Morgan fingerprint density at radius 3 is 3.00 bits per heavy atom. The summed E-state index contributed by atoms with van der Waals surface area (Å²) in [7, 11) is 0. The van der Waals surface area contributed by atoms with Crippen LogP contribution in [-0.2, 0) is 9.53 Å². The SMILES string of the molecule is C=C1CC[C@H]2[C@H]1CC1=C(C)C(=O)OC1=C[C@@]2(C)O. The topological polar surface area (TPSA) is 46.5 Å². The third-order valence-corrected chi connectivity index (χ3v) is 4.64. The third kappa shape index (κ3) is 1.50. The first-order valence-corrected chi connectivity index (χ1v) is 6.45. The van der Waals surface area contributed by atoms with Crippen molar-refractivity contribution in [2.75, 3.05) is 0 Å². The number of hydrogen-bond acceptors (Lipinski definition) is 3. The summed E-state index contributed by atoms with van der Waals surface area (Å²) in [5, 5.41) is 10.6. The highest BCUT2D eigenvalue weighted by Crippen LogP contribution is 2.50. The first kappa shape index (κ1) is 11.7. The quantitative estimate of drug-likeness (QED) is 0.527. The third-order valence-electron chi connectivity index (χ3n) is 4.64. The number of carbonyl (C=O) groups is 1. The van der Waals surface area contributed by atoms with Crippen molar-refractivity contribution < 1.29 is 14.6 Å². The van der Waals surface area contributed by atoms with E-state index in [1.807, 2.05) is 0 Å². The van der Waals surface area contributed by atoms with Gasteiger partial charge in [-0.3, -0.25) is 0 Å². The van der Waals surface area contributed by atoms with Gasteiger partial charge in [0.05, 0.1) is 5.60 Å². The van der Waals surface area contributed by atoms with E-state index in [0.717, 1.165) is 24.8 Å². The highest BCUT2D eigenvalue weighted by Gasteiger charge is 2.46. The Hall–Kier alpha value is -1.35. The number of esters is 1. The van der Waals surface area contributed by atoms with Crippen molar-refractivity contribution in [3.63, 3.8) is 0 Å². The molecule has 0 aromatic heterocycles. The first-order valence-electron chi connectivity index (χ1n) is 6.45. The van der Waals surface area contributed by atoms with Crippen LogP contribution in [-0.4, -0.2) is 16.7 Å². The lowest BCUT2D eigenvalue weighted by molar-refractivity contribution is -0.133. The molecule has 0 amide bonds. The van der Waals surface area contributed by atoms with E-state index in [4.69, 9.17) is 4.74 Å². The van der Waals surface area contributed by atoms with Gasteiger partial charge in [0.25, 0.3) is 0 Å². The highest BCUT2D eigenvalue weighted by molar-refractivity contribution is 5.94. The van der Waals surface area contributed by atoms with Crippen molar-refractivity contribution in [1.82, 2.24) is 0 Å². The molecule has 0 saturated heterocycles. The monoisotopic (exact) mass is 246 g/mol. The van der Waals surface area contributed by atoms with Gasteiger partial charge in [0.1, 0.15) is 5.76 Å². The normalized spacial score (nSPS) is 39.2. The summed E-state index contributed by atoms with van der Waals surface area (Å²) in [6.07, 6.45) is 4.42. The zero-order valence-electron chi connectivity index (χ0n) is 10.8. The fraction of sp³-hybridized carbons (Fsp3) is 0.533. The van der Waals surface area contributed by atoms with Gasteiger partial charge in [-0.1, -0.05) is 12.2 Å². The second-order valence-corrected chi connectivity index (χ2v) is 5.84. The molecule has 1 aliphatic heterocycles. The second-order valence-electron chi connectivity index (χ2n) is 5.84. The maximum atomic E-state index is 11.6. The fourth-order valence-corrected chi connectivity index (χ4v) is 3.51. The zero-order chi connectivity index (χ0) is 13.1. The lowest BCUT2D eigenvalue weighted by Crippen LogP contribution is -2.34. The lowest BCUT2D eigenvalue weighted by atomic mass is 9.80. The van der Waals surface area contributed by atoms with Crippen LogP contribution in [0.1, 0.15) is 33.1 Å². The molecule has 1 heterocycles. The molecule has 0 spiro atoms. The Balaban J connectivity index is 2.11. The van der Waals surface area contributed by atoms with Gasteiger partial charge in [-0.15, -0.1) is 0 Å². The van der Waals surface area contributed by atoms with Crippen LogP contribution in [0.15, 0.2) is 35.1 Å². The van der Waals surface area contributed by atoms with Crippen LogP contribution in [0.2, 0.25) is 0 Å². The Morgan fingerprint density at radius 1 is 1.56 bits per heavy atom. The van der Waals surface area contributed by atoms with Crippen molar-refractivity contribution in [2.45, 2.75) is 38.7 Å². The van der Waals surface area contributed by atoms with Crippen LogP contribution >= 0.6 is 0 Å². The molecule has 3 nitrogen and oxygen atoms in total. The molecule has 96 valence electrons. The average Bonchev–Trinajstić information content (AvgIpc) is 2.72. The van der Waals surface area contributed by atoms with E-state index >= 15 is 0 Å². The minimum absolute atomic E-state index is 0.183. The molecule has 1 N–H and O–H groups in total. The van der Waals surface area contributed by atoms with Gasteiger partial charge in [-0.2, -0.15) is 0 Å². The molecule has 2 aliphatic carbocycles. The molecule has 18 heavy (non-hydrogen) atoms. The van der Waals surface area contributed by atoms with Gasteiger partial charge in [0.15, 0.2) is 0 Å². The van der Waals surface area contributed by atoms with Gasteiger partial charge in [-0.05, 0) is 51.0 Å². The smallest absolute Gasteiger partial charge is 0.339 e. The van der Waals surface area contributed by atoms with Gasteiger partial charge < -0.3 is 9.84 Å². The lowest BCUT2D eigenvalue weighted by Gasteiger charge is -2.30. The van der Waals surface area contributed by atoms with Crippen molar-refractivity contribution in [3.05, 3.63) is 35.1 Å². The number of fused-ring (bicyclic) bond motifs is 2. The average molecular weight is 246 g/mol. The van der Waals surface area contributed by atoms with E-state index in [-0.39, 0.29) is 17.8 Å². The minimum atomic E-state index is -0.925. The Kier molecular flexibility index (Phi) is 2.33. The number of carbonyl (C=O) groups excluding carboxylic acids is 1. The Bertz CT molecular complexity index is 508. The Labute approximate surface area is 107 Å². The van der Waals surface area contributed by atoms with Crippen molar-refractivity contribution >= 4 is 5.97 Å².